The van der Waals surface area contributed by atoms with Crippen molar-refractivity contribution in [1.82, 2.24) is 0 Å². The summed E-state index contributed by atoms with van der Waals surface area (Å²) in [5, 5.41) is 19.1. The highest BCUT2D eigenvalue weighted by Gasteiger charge is 2.36. The van der Waals surface area contributed by atoms with Crippen molar-refractivity contribution in [3.8, 4) is 0 Å². The summed E-state index contributed by atoms with van der Waals surface area (Å²) in [4.78, 5) is 21.0. The summed E-state index contributed by atoms with van der Waals surface area (Å²) in [6.45, 7) is -0.672. The summed E-state index contributed by atoms with van der Waals surface area (Å²) in [5.74, 6) is -3.64. The summed E-state index contributed by atoms with van der Waals surface area (Å²) in [5.41, 5.74) is 0. The summed E-state index contributed by atoms with van der Waals surface area (Å²) >= 11 is 0. The van der Waals surface area contributed by atoms with E-state index in [1.54, 1.807) is 0 Å². The Balaban J connectivity index is 3.06. The molecule has 0 aromatic carbocycles. The van der Waals surface area contributed by atoms with Crippen molar-refractivity contribution in [3.05, 3.63) is 11.5 Å². The molecule has 0 atom stereocenters. The van der Waals surface area contributed by atoms with Crippen molar-refractivity contribution >= 4 is 17.9 Å². The first kappa shape index (κ1) is 7.62. The molecular formula is C6H4O5+. The lowest BCUT2D eigenvalue weighted by Crippen LogP contribution is -2.24. The molecule has 11 heavy (non-hydrogen) atoms. The van der Waals surface area contributed by atoms with Crippen LogP contribution in [0.1, 0.15) is 0 Å². The first-order chi connectivity index (χ1) is 5.16. The van der Waals surface area contributed by atoms with Gasteiger partial charge in [-0.25, -0.2) is 4.42 Å². The molecule has 1 rings (SSSR count). The minimum Gasteiger partial charge on any atom is -0.382 e. The maximum Gasteiger partial charge on any atom is 0.405 e. The fourth-order valence-corrected chi connectivity index (χ4v) is 0.579. The molecule has 1 N–H and O–H groups in total. The van der Waals surface area contributed by atoms with Gasteiger partial charge in [-0.2, -0.15) is 0 Å². The second kappa shape index (κ2) is 2.63. The normalized spacial score (nSPS) is 17.9. The molecule has 0 aromatic heterocycles. The van der Waals surface area contributed by atoms with E-state index < -0.39 is 29.7 Å². The Kier molecular flexibility index (Phi) is 1.82. The van der Waals surface area contributed by atoms with Crippen LogP contribution >= 0.6 is 0 Å². The zero-order valence-electron chi connectivity index (χ0n) is 5.36. The average Bonchev–Trinajstić information content (AvgIpc) is 2.01. The van der Waals surface area contributed by atoms with Gasteiger partial charge in [0.1, 0.15) is 0 Å². The molecule has 0 aromatic rings. The van der Waals surface area contributed by atoms with E-state index in [0.717, 1.165) is 0 Å². The lowest BCUT2D eigenvalue weighted by molar-refractivity contribution is -0.401. The zero-order valence-corrected chi connectivity index (χ0v) is 5.36. The van der Waals surface area contributed by atoms with Crippen LogP contribution in [0.25, 0.3) is 0 Å². The van der Waals surface area contributed by atoms with E-state index in [-0.39, 0.29) is 0 Å². The minimum atomic E-state index is -1.17. The standard InChI is InChI=1S/C6H4O5/c7-1-4-6(10)5(9)3(8)2-11-4/h2,7H,1H2/q+1. The topological polar surface area (TPSA) is 85.6 Å². The quantitative estimate of drug-likeness (QED) is 0.285. The highest BCUT2D eigenvalue weighted by Crippen LogP contribution is 2.04. The van der Waals surface area contributed by atoms with Crippen LogP contribution in [-0.4, -0.2) is 29.6 Å². The number of hydrogen-bond donors (Lipinski definition) is 1. The Morgan fingerprint density at radius 3 is 2.64 bits per heavy atom. The molecule has 1 radical (unpaired) electrons. The minimum absolute atomic E-state index is 0.408. The van der Waals surface area contributed by atoms with Crippen LogP contribution in [0.4, 0.5) is 0 Å². The molecule has 0 amide bonds. The van der Waals surface area contributed by atoms with Crippen LogP contribution in [0.2, 0.25) is 0 Å². The second-order valence-electron chi connectivity index (χ2n) is 1.84. The maximum atomic E-state index is 10.7. The third kappa shape index (κ3) is 1.18. The molecule has 5 nitrogen and oxygen atoms in total. The van der Waals surface area contributed by atoms with Gasteiger partial charge >= 0.3 is 23.6 Å². The van der Waals surface area contributed by atoms with Crippen molar-refractivity contribution in [2.45, 2.75) is 0 Å². The van der Waals surface area contributed by atoms with Crippen molar-refractivity contribution in [2.75, 3.05) is 6.61 Å². The van der Waals surface area contributed by atoms with Crippen molar-refractivity contribution < 1.29 is 24.2 Å². The van der Waals surface area contributed by atoms with Crippen LogP contribution in [0.5, 0.6) is 0 Å². The highest BCUT2D eigenvalue weighted by molar-refractivity contribution is 6.61. The van der Waals surface area contributed by atoms with E-state index in [0.29, 0.717) is 6.29 Å². The monoisotopic (exact) mass is 156 g/mol. The fraction of sp³-hybridized carbons (Fsp3) is 0.167. The van der Waals surface area contributed by atoms with Gasteiger partial charge in [-0.1, -0.05) is 0 Å². The number of Topliss-reactive ketones (excluding diaryl/α,β-unsaturated/α-hetero) is 2. The predicted molar refractivity (Wildman–Crippen MR) is 30.9 cm³/mol. The Bertz CT molecular complexity index is 273. The largest absolute Gasteiger partial charge is 0.405 e. The van der Waals surface area contributed by atoms with Gasteiger partial charge in [-0.3, -0.25) is 14.7 Å². The van der Waals surface area contributed by atoms with Crippen LogP contribution in [-0.2, 0) is 19.1 Å². The Hall–Kier alpha value is -1.49. The SMILES string of the molecule is [O]C1=C(CO)[O+]=CC(=O)C1=O. The van der Waals surface area contributed by atoms with Crippen molar-refractivity contribution in [1.29, 1.82) is 0 Å². The molecule has 0 fully saturated rings. The third-order valence-electron chi connectivity index (χ3n) is 1.14. The number of aldehydes is 1. The number of carbonyl (C=O) groups excluding carboxylic acids is 3. The summed E-state index contributed by atoms with van der Waals surface area (Å²) in [6.07, 6.45) is 0.606. The van der Waals surface area contributed by atoms with Gasteiger partial charge in [0, 0.05) is 0 Å². The third-order valence-corrected chi connectivity index (χ3v) is 1.14. The number of aliphatic hydroxyl groups is 1. The van der Waals surface area contributed by atoms with Crippen LogP contribution in [0, 0.1) is 0 Å². The number of hydrogen-bond acceptors (Lipinski definition) is 3. The van der Waals surface area contributed by atoms with E-state index in [1.165, 1.54) is 0 Å². The molecule has 0 bridgehead atoms. The smallest absolute Gasteiger partial charge is 0.382 e. The fourth-order valence-electron chi connectivity index (χ4n) is 0.579. The molecule has 1 aliphatic heterocycles. The first-order valence-corrected chi connectivity index (χ1v) is 2.76. The Labute approximate surface area is 61.3 Å². The maximum absolute atomic E-state index is 10.7. The molecular weight excluding hydrogens is 152 g/mol. The van der Waals surface area contributed by atoms with E-state index in [9.17, 15) is 14.7 Å². The zero-order chi connectivity index (χ0) is 8.43. The Morgan fingerprint density at radius 1 is 1.45 bits per heavy atom. The molecule has 0 spiro atoms. The van der Waals surface area contributed by atoms with Crippen molar-refractivity contribution in [3.63, 3.8) is 0 Å². The van der Waals surface area contributed by atoms with Gasteiger partial charge in [-0.05, 0) is 0 Å². The van der Waals surface area contributed by atoms with Gasteiger partial charge in [0.2, 0.25) is 0 Å². The van der Waals surface area contributed by atoms with Gasteiger partial charge < -0.3 is 5.11 Å². The lowest BCUT2D eigenvalue weighted by Gasteiger charge is -1.91. The number of allylic oxidation sites excluding steroid dienone is 1. The van der Waals surface area contributed by atoms with Crippen LogP contribution < -0.4 is 0 Å². The van der Waals surface area contributed by atoms with Gasteiger partial charge in [-0.15, -0.1) is 0 Å². The number of ketones is 2. The van der Waals surface area contributed by atoms with E-state index in [4.69, 9.17) is 5.11 Å². The predicted octanol–water partition coefficient (Wildman–Crippen LogP) is -1.49. The summed E-state index contributed by atoms with van der Waals surface area (Å²) in [6, 6.07) is 0. The summed E-state index contributed by atoms with van der Waals surface area (Å²) < 4.78 is 4.34. The average molecular weight is 156 g/mol. The molecule has 57 valence electrons. The molecule has 1 heterocycles. The van der Waals surface area contributed by atoms with Gasteiger partial charge in [0.25, 0.3) is 5.78 Å². The Morgan fingerprint density at radius 2 is 2.09 bits per heavy atom. The van der Waals surface area contributed by atoms with Crippen molar-refractivity contribution in [2.24, 2.45) is 0 Å². The second-order valence-corrected chi connectivity index (χ2v) is 1.84. The van der Waals surface area contributed by atoms with E-state index in [2.05, 4.69) is 4.42 Å². The van der Waals surface area contributed by atoms with Crippen LogP contribution in [0.15, 0.2) is 11.5 Å². The van der Waals surface area contributed by atoms with E-state index >= 15 is 0 Å². The molecule has 0 saturated carbocycles. The number of aliphatic hydroxyl groups excluding tert-OH is 1. The van der Waals surface area contributed by atoms with Gasteiger partial charge in [0.05, 0.1) is 0 Å². The molecule has 0 saturated heterocycles. The summed E-state index contributed by atoms with van der Waals surface area (Å²) in [7, 11) is 0. The van der Waals surface area contributed by atoms with Gasteiger partial charge in [0.15, 0.2) is 6.61 Å². The van der Waals surface area contributed by atoms with E-state index in [1.807, 2.05) is 0 Å². The highest BCUT2D eigenvalue weighted by atomic mass is 16.4. The molecule has 1 aliphatic rings. The molecule has 5 heteroatoms. The lowest BCUT2D eigenvalue weighted by atomic mass is 10.2. The van der Waals surface area contributed by atoms with Crippen LogP contribution in [0.3, 0.4) is 0 Å². The molecule has 0 aliphatic carbocycles. The number of rotatable bonds is 1. The molecule has 0 unspecified atom stereocenters. The number of carbonyl (C=O) groups is 2. The first-order valence-electron chi connectivity index (χ1n) is 2.76.